The topological polar surface area (TPSA) is 44.1 Å². The summed E-state index contributed by atoms with van der Waals surface area (Å²) in [5, 5.41) is 6.65. The van der Waals surface area contributed by atoms with Gasteiger partial charge >= 0.3 is 5.97 Å². The molecule has 0 aliphatic carbocycles. The number of aryl methyl sites for hydroxylation is 1. The Morgan fingerprint density at radius 1 is 1.22 bits per heavy atom. The van der Waals surface area contributed by atoms with Crippen LogP contribution in [0.15, 0.2) is 36.4 Å². The van der Waals surface area contributed by atoms with Crippen molar-refractivity contribution in [2.24, 2.45) is 7.05 Å². The molecule has 2 aromatic carbocycles. The number of halogens is 2. The van der Waals surface area contributed by atoms with Crippen LogP contribution >= 0.6 is 23.2 Å². The summed E-state index contributed by atoms with van der Waals surface area (Å²) in [5.74, 6) is -0.323. The predicted octanol–water partition coefficient (Wildman–Crippen LogP) is 4.61. The van der Waals surface area contributed by atoms with Crippen LogP contribution in [0.3, 0.4) is 0 Å². The highest BCUT2D eigenvalue weighted by atomic mass is 35.5. The Kier molecular flexibility index (Phi) is 4.28. The van der Waals surface area contributed by atoms with Crippen LogP contribution in [0.25, 0.3) is 22.0 Å². The number of nitrogens with zero attached hydrogens (tertiary/aromatic N) is 2. The van der Waals surface area contributed by atoms with Crippen molar-refractivity contribution in [3.05, 3.63) is 52.1 Å². The van der Waals surface area contributed by atoms with Crippen LogP contribution in [0.2, 0.25) is 10.0 Å². The second-order valence-corrected chi connectivity index (χ2v) is 6.02. The highest BCUT2D eigenvalue weighted by molar-refractivity contribution is 6.36. The minimum absolute atomic E-state index is 0.181. The molecule has 3 rings (SSSR count). The van der Waals surface area contributed by atoms with E-state index in [4.69, 9.17) is 27.9 Å². The van der Waals surface area contributed by atoms with Gasteiger partial charge in [0.1, 0.15) is 12.1 Å². The van der Waals surface area contributed by atoms with Crippen molar-refractivity contribution < 1.29 is 9.53 Å². The summed E-state index contributed by atoms with van der Waals surface area (Å²) >= 11 is 12.3. The largest absolute Gasteiger partial charge is 0.459 e. The lowest BCUT2D eigenvalue weighted by Crippen LogP contribution is -2.04. The quantitative estimate of drug-likeness (QED) is 0.649. The minimum atomic E-state index is -0.323. The molecular formula is C17H14Cl2N2O2. The van der Waals surface area contributed by atoms with Crippen molar-refractivity contribution >= 4 is 40.1 Å². The van der Waals surface area contributed by atoms with E-state index < -0.39 is 0 Å². The molecule has 0 fully saturated rings. The molecular weight excluding hydrogens is 335 g/mol. The second-order valence-electron chi connectivity index (χ2n) is 5.18. The summed E-state index contributed by atoms with van der Waals surface area (Å²) in [6.45, 7) is 1.57. The summed E-state index contributed by atoms with van der Waals surface area (Å²) in [7, 11) is 1.83. The van der Waals surface area contributed by atoms with Crippen molar-refractivity contribution in [3.63, 3.8) is 0 Å². The number of hydrogen-bond donors (Lipinski definition) is 0. The third-order valence-corrected chi connectivity index (χ3v) is 4.17. The van der Waals surface area contributed by atoms with Crippen molar-refractivity contribution in [2.45, 2.75) is 13.5 Å². The normalized spacial score (nSPS) is 11.0. The fourth-order valence-electron chi connectivity index (χ4n) is 2.54. The van der Waals surface area contributed by atoms with Crippen LogP contribution in [0.4, 0.5) is 0 Å². The smallest absolute Gasteiger partial charge is 0.303 e. The first-order valence-electron chi connectivity index (χ1n) is 7.00. The van der Waals surface area contributed by atoms with E-state index in [9.17, 15) is 4.79 Å². The van der Waals surface area contributed by atoms with Gasteiger partial charge in [0, 0.05) is 40.5 Å². The Morgan fingerprint density at radius 3 is 2.70 bits per heavy atom. The predicted molar refractivity (Wildman–Crippen MR) is 91.6 cm³/mol. The van der Waals surface area contributed by atoms with Crippen molar-refractivity contribution in [1.82, 2.24) is 9.78 Å². The number of fused-ring (bicyclic) bond motifs is 1. The molecule has 23 heavy (non-hydrogen) atoms. The van der Waals surface area contributed by atoms with Gasteiger partial charge in [-0.25, -0.2) is 0 Å². The van der Waals surface area contributed by atoms with Gasteiger partial charge in [-0.2, -0.15) is 5.10 Å². The Balaban J connectivity index is 2.16. The number of benzene rings is 2. The second kappa shape index (κ2) is 6.22. The molecule has 0 aliphatic heterocycles. The van der Waals surface area contributed by atoms with Gasteiger partial charge < -0.3 is 4.74 Å². The average molecular weight is 349 g/mol. The molecule has 0 bridgehead atoms. The molecule has 6 heteroatoms. The van der Waals surface area contributed by atoms with Gasteiger partial charge in [0.05, 0.1) is 5.69 Å². The van der Waals surface area contributed by atoms with Gasteiger partial charge in [-0.15, -0.1) is 0 Å². The minimum Gasteiger partial charge on any atom is -0.459 e. The lowest BCUT2D eigenvalue weighted by molar-refractivity contribution is -0.142. The maximum absolute atomic E-state index is 11.1. The third kappa shape index (κ3) is 3.05. The highest BCUT2D eigenvalue weighted by Gasteiger charge is 2.15. The summed E-state index contributed by atoms with van der Waals surface area (Å²) in [4.78, 5) is 11.1. The van der Waals surface area contributed by atoms with E-state index in [2.05, 4.69) is 5.10 Å². The molecule has 3 aromatic rings. The van der Waals surface area contributed by atoms with Gasteiger partial charge in [-0.1, -0.05) is 47.5 Å². The van der Waals surface area contributed by atoms with E-state index in [1.54, 1.807) is 16.8 Å². The molecule has 0 atom stereocenters. The molecule has 4 nitrogen and oxygen atoms in total. The number of carbonyl (C=O) groups is 1. The van der Waals surface area contributed by atoms with Gasteiger partial charge in [0.15, 0.2) is 0 Å². The summed E-state index contributed by atoms with van der Waals surface area (Å²) in [6.07, 6.45) is 0. The molecule has 1 aromatic heterocycles. The molecule has 0 saturated heterocycles. The number of hydrogen-bond acceptors (Lipinski definition) is 3. The summed E-state index contributed by atoms with van der Waals surface area (Å²) in [6, 6.07) is 11.2. The van der Waals surface area contributed by atoms with E-state index >= 15 is 0 Å². The van der Waals surface area contributed by atoms with Crippen molar-refractivity contribution in [1.29, 1.82) is 0 Å². The van der Waals surface area contributed by atoms with Crippen LogP contribution in [0.5, 0.6) is 0 Å². The van der Waals surface area contributed by atoms with Crippen molar-refractivity contribution in [2.75, 3.05) is 0 Å². The van der Waals surface area contributed by atoms with Gasteiger partial charge in [-0.05, 0) is 12.1 Å². The number of carbonyl (C=O) groups excluding carboxylic acids is 1. The zero-order valence-corrected chi connectivity index (χ0v) is 14.1. The molecule has 1 heterocycles. The van der Waals surface area contributed by atoms with Gasteiger partial charge in [0.2, 0.25) is 0 Å². The number of esters is 1. The standard InChI is InChI=1S/C17H14Cl2N2O2/c1-10(22)23-9-16-14-5-3-4-13(17(14)20-21(16)2)12-7-6-11(18)8-15(12)19/h3-8H,9H2,1-2H3. The maximum atomic E-state index is 11.1. The van der Waals surface area contributed by atoms with Crippen LogP contribution in [0, 0.1) is 0 Å². The van der Waals surface area contributed by atoms with E-state index in [-0.39, 0.29) is 12.6 Å². The lowest BCUT2D eigenvalue weighted by atomic mass is 10.0. The molecule has 0 unspecified atom stereocenters. The Morgan fingerprint density at radius 2 is 2.00 bits per heavy atom. The summed E-state index contributed by atoms with van der Waals surface area (Å²) in [5.41, 5.74) is 3.41. The van der Waals surface area contributed by atoms with Gasteiger partial charge in [0.25, 0.3) is 0 Å². The van der Waals surface area contributed by atoms with Crippen molar-refractivity contribution in [3.8, 4) is 11.1 Å². The Labute approximate surface area is 143 Å². The van der Waals surface area contributed by atoms with Crippen LogP contribution in [-0.4, -0.2) is 15.7 Å². The van der Waals surface area contributed by atoms with E-state index in [0.29, 0.717) is 10.0 Å². The average Bonchev–Trinajstić information content (AvgIpc) is 2.81. The first-order valence-corrected chi connectivity index (χ1v) is 7.76. The van der Waals surface area contributed by atoms with Gasteiger partial charge in [-0.3, -0.25) is 9.48 Å². The number of rotatable bonds is 3. The van der Waals surface area contributed by atoms with E-state index in [1.165, 1.54) is 6.92 Å². The Hall–Kier alpha value is -2.04. The van der Waals surface area contributed by atoms with Crippen LogP contribution in [0.1, 0.15) is 12.6 Å². The number of ether oxygens (including phenoxy) is 1. The monoisotopic (exact) mass is 348 g/mol. The first kappa shape index (κ1) is 15.8. The van der Waals surface area contributed by atoms with E-state index in [1.807, 2.05) is 31.3 Å². The zero-order valence-electron chi connectivity index (χ0n) is 12.6. The molecule has 118 valence electrons. The number of aromatic nitrogens is 2. The SMILES string of the molecule is CC(=O)OCc1c2cccc(-c3ccc(Cl)cc3Cl)c2nn1C. The third-order valence-electron chi connectivity index (χ3n) is 3.62. The lowest BCUT2D eigenvalue weighted by Gasteiger charge is -2.06. The molecule has 0 saturated carbocycles. The molecule has 0 amide bonds. The highest BCUT2D eigenvalue weighted by Crippen LogP contribution is 2.35. The molecule has 0 aliphatic rings. The zero-order chi connectivity index (χ0) is 16.6. The Bertz CT molecular complexity index is 903. The first-order chi connectivity index (χ1) is 11.0. The molecule has 0 N–H and O–H groups in total. The fourth-order valence-corrected chi connectivity index (χ4v) is 3.05. The van der Waals surface area contributed by atoms with Crippen LogP contribution < -0.4 is 0 Å². The maximum Gasteiger partial charge on any atom is 0.303 e. The molecule has 0 spiro atoms. The van der Waals surface area contributed by atoms with E-state index in [0.717, 1.165) is 27.7 Å². The fraction of sp³-hybridized carbons (Fsp3) is 0.176. The van der Waals surface area contributed by atoms with Crippen LogP contribution in [-0.2, 0) is 23.2 Å². The molecule has 0 radical (unpaired) electrons. The summed E-state index contributed by atoms with van der Waals surface area (Å²) < 4.78 is 6.84.